The number of aromatic nitrogens is 1. The Kier molecular flexibility index (Phi) is 2.97. The summed E-state index contributed by atoms with van der Waals surface area (Å²) in [5.74, 6) is 0.626. The number of ketones is 1. The second kappa shape index (κ2) is 4.56. The molecule has 1 heterocycles. The number of hydrogen-bond donors (Lipinski definition) is 0. The lowest BCUT2D eigenvalue weighted by Gasteiger charge is -2.04. The van der Waals surface area contributed by atoms with Gasteiger partial charge in [-0.25, -0.2) is 8.42 Å². The third kappa shape index (κ3) is 2.38. The Bertz CT molecular complexity index is 772. The first-order valence-electron chi connectivity index (χ1n) is 6.27. The molecule has 3 rings (SSSR count). The maximum atomic E-state index is 12.4. The van der Waals surface area contributed by atoms with Gasteiger partial charge in [-0.1, -0.05) is 17.3 Å². The van der Waals surface area contributed by atoms with Crippen molar-refractivity contribution in [3.63, 3.8) is 0 Å². The van der Waals surface area contributed by atoms with Gasteiger partial charge in [-0.05, 0) is 25.0 Å². The van der Waals surface area contributed by atoms with Crippen molar-refractivity contribution in [3.8, 4) is 0 Å². The van der Waals surface area contributed by atoms with Gasteiger partial charge in [0.1, 0.15) is 5.76 Å². The van der Waals surface area contributed by atoms with E-state index in [2.05, 4.69) is 5.16 Å². The fourth-order valence-corrected chi connectivity index (χ4v) is 2.96. The van der Waals surface area contributed by atoms with Crippen LogP contribution in [0.5, 0.6) is 0 Å². The van der Waals surface area contributed by atoms with Crippen molar-refractivity contribution in [2.45, 2.75) is 23.7 Å². The molecule has 0 spiro atoms. The largest absolute Gasteiger partial charge is 0.360 e. The minimum atomic E-state index is -3.46. The van der Waals surface area contributed by atoms with Gasteiger partial charge < -0.3 is 4.52 Å². The van der Waals surface area contributed by atoms with Crippen LogP contribution >= 0.6 is 0 Å². The highest BCUT2D eigenvalue weighted by Crippen LogP contribution is 2.40. The van der Waals surface area contributed by atoms with E-state index < -0.39 is 15.6 Å². The number of benzene rings is 1. The molecule has 5 nitrogen and oxygen atoms in total. The average molecular weight is 291 g/mol. The van der Waals surface area contributed by atoms with Gasteiger partial charge in [0.25, 0.3) is 0 Å². The van der Waals surface area contributed by atoms with Gasteiger partial charge in [-0.3, -0.25) is 4.79 Å². The topological polar surface area (TPSA) is 77.2 Å². The fraction of sp³-hybridized carbons (Fsp3) is 0.286. The van der Waals surface area contributed by atoms with Crippen molar-refractivity contribution < 1.29 is 17.7 Å². The number of carbonyl (C=O) groups excluding carboxylic acids is 1. The number of carbonyl (C=O) groups is 1. The van der Waals surface area contributed by atoms with Gasteiger partial charge >= 0.3 is 0 Å². The van der Waals surface area contributed by atoms with Crippen LogP contribution in [0.1, 0.15) is 40.6 Å². The van der Waals surface area contributed by atoms with E-state index in [1.165, 1.54) is 12.1 Å². The van der Waals surface area contributed by atoms with Crippen LogP contribution in [0.3, 0.4) is 0 Å². The molecular formula is C14H13NO4S. The summed E-state index contributed by atoms with van der Waals surface area (Å²) in [7, 11) is -3.46. The quantitative estimate of drug-likeness (QED) is 0.807. The van der Waals surface area contributed by atoms with Gasteiger partial charge in [0.15, 0.2) is 15.5 Å². The van der Waals surface area contributed by atoms with Crippen molar-refractivity contribution in [1.82, 2.24) is 5.16 Å². The molecule has 0 unspecified atom stereocenters. The lowest BCUT2D eigenvalue weighted by atomic mass is 10.1. The summed E-state index contributed by atoms with van der Waals surface area (Å²) < 4.78 is 28.6. The predicted octanol–water partition coefficient (Wildman–Crippen LogP) is 2.19. The lowest BCUT2D eigenvalue weighted by Crippen LogP contribution is -2.09. The molecule has 0 aliphatic heterocycles. The first kappa shape index (κ1) is 13.1. The van der Waals surface area contributed by atoms with Crippen LogP contribution < -0.4 is 0 Å². The summed E-state index contributed by atoms with van der Waals surface area (Å²) in [6.07, 6.45) is 3.17. The maximum Gasteiger partial charge on any atom is 0.216 e. The summed E-state index contributed by atoms with van der Waals surface area (Å²) in [5, 5.41) is 3.76. The average Bonchev–Trinajstić information content (AvgIpc) is 3.15. The molecule has 0 amide bonds. The van der Waals surface area contributed by atoms with Gasteiger partial charge in [0.05, 0.1) is 4.90 Å². The Morgan fingerprint density at radius 3 is 2.65 bits per heavy atom. The maximum absolute atomic E-state index is 12.4. The van der Waals surface area contributed by atoms with Crippen molar-refractivity contribution in [2.75, 3.05) is 6.26 Å². The Hall–Kier alpha value is -1.95. The van der Waals surface area contributed by atoms with Crippen LogP contribution in [0.2, 0.25) is 0 Å². The number of hydrogen-bond acceptors (Lipinski definition) is 5. The number of nitrogens with zero attached hydrogens (tertiary/aromatic N) is 1. The number of sulfone groups is 1. The van der Waals surface area contributed by atoms with E-state index in [4.69, 9.17) is 4.52 Å². The zero-order chi connectivity index (χ0) is 14.3. The van der Waals surface area contributed by atoms with Crippen LogP contribution in [-0.2, 0) is 9.84 Å². The molecule has 0 radical (unpaired) electrons. The summed E-state index contributed by atoms with van der Waals surface area (Å²) in [4.78, 5) is 12.4. The summed E-state index contributed by atoms with van der Waals surface area (Å²) in [6.45, 7) is 0. The fourth-order valence-electron chi connectivity index (χ4n) is 2.07. The lowest BCUT2D eigenvalue weighted by molar-refractivity contribution is 0.102. The molecular weight excluding hydrogens is 278 g/mol. The second-order valence-corrected chi connectivity index (χ2v) is 6.97. The van der Waals surface area contributed by atoms with Gasteiger partial charge in [-0.15, -0.1) is 0 Å². The van der Waals surface area contributed by atoms with E-state index in [-0.39, 0.29) is 16.2 Å². The molecule has 20 heavy (non-hydrogen) atoms. The summed E-state index contributed by atoms with van der Waals surface area (Å²) in [5.41, 5.74) is 0.286. The van der Waals surface area contributed by atoms with E-state index in [1.54, 1.807) is 18.2 Å². The second-order valence-electron chi connectivity index (χ2n) is 4.99. The van der Waals surface area contributed by atoms with Crippen molar-refractivity contribution in [2.24, 2.45) is 0 Å². The normalized spacial score (nSPS) is 15.2. The third-order valence-electron chi connectivity index (χ3n) is 3.27. The van der Waals surface area contributed by atoms with E-state index in [9.17, 15) is 13.2 Å². The van der Waals surface area contributed by atoms with Crippen molar-refractivity contribution >= 4 is 15.6 Å². The van der Waals surface area contributed by atoms with Gasteiger partial charge in [0.2, 0.25) is 5.78 Å². The third-order valence-corrected chi connectivity index (χ3v) is 4.43. The van der Waals surface area contributed by atoms with Crippen LogP contribution in [0, 0.1) is 0 Å². The van der Waals surface area contributed by atoms with Crippen LogP contribution in [0.4, 0.5) is 0 Å². The first-order chi connectivity index (χ1) is 9.47. The van der Waals surface area contributed by atoms with Crippen LogP contribution in [-0.4, -0.2) is 25.6 Å². The zero-order valence-corrected chi connectivity index (χ0v) is 11.7. The smallest absolute Gasteiger partial charge is 0.216 e. The highest BCUT2D eigenvalue weighted by Gasteiger charge is 2.29. The Morgan fingerprint density at radius 2 is 2.00 bits per heavy atom. The molecule has 0 atom stereocenters. The van der Waals surface area contributed by atoms with E-state index in [0.29, 0.717) is 11.7 Å². The van der Waals surface area contributed by atoms with E-state index in [1.807, 2.05) is 0 Å². The molecule has 1 saturated carbocycles. The Labute approximate surface area is 116 Å². The monoisotopic (exact) mass is 291 g/mol. The molecule has 0 N–H and O–H groups in total. The predicted molar refractivity (Wildman–Crippen MR) is 71.5 cm³/mol. The molecule has 2 aromatic rings. The Morgan fingerprint density at radius 1 is 1.30 bits per heavy atom. The molecule has 104 valence electrons. The summed E-state index contributed by atoms with van der Waals surface area (Å²) >= 11 is 0. The zero-order valence-electron chi connectivity index (χ0n) is 10.9. The molecule has 1 aliphatic rings. The molecule has 1 aromatic heterocycles. The standard InChI is InChI=1S/C14H13NO4S/c1-20(17,18)13-5-3-2-4-10(13)14(16)11-8-12(19-15-11)9-6-7-9/h2-5,8-9H,6-7H2,1H3. The first-order valence-corrected chi connectivity index (χ1v) is 8.16. The minimum absolute atomic E-state index is 0.0148. The van der Waals surface area contributed by atoms with Gasteiger partial charge in [-0.2, -0.15) is 0 Å². The SMILES string of the molecule is CS(=O)(=O)c1ccccc1C(=O)c1cc(C2CC2)on1. The Balaban J connectivity index is 2.01. The van der Waals surface area contributed by atoms with Crippen LogP contribution in [0.25, 0.3) is 0 Å². The van der Waals surface area contributed by atoms with Crippen molar-refractivity contribution in [3.05, 3.63) is 47.3 Å². The highest BCUT2D eigenvalue weighted by atomic mass is 32.2. The van der Waals surface area contributed by atoms with Gasteiger partial charge in [0, 0.05) is 23.8 Å². The molecule has 1 aliphatic carbocycles. The van der Waals surface area contributed by atoms with Crippen molar-refractivity contribution in [1.29, 1.82) is 0 Å². The minimum Gasteiger partial charge on any atom is -0.360 e. The molecule has 6 heteroatoms. The molecule has 1 fully saturated rings. The molecule has 1 aromatic carbocycles. The van der Waals surface area contributed by atoms with E-state index >= 15 is 0 Å². The molecule has 0 bridgehead atoms. The van der Waals surface area contributed by atoms with Crippen LogP contribution in [0.15, 0.2) is 39.8 Å². The number of rotatable bonds is 4. The van der Waals surface area contributed by atoms with E-state index in [0.717, 1.165) is 19.1 Å². The molecule has 0 saturated heterocycles. The summed E-state index contributed by atoms with van der Waals surface area (Å²) in [6, 6.07) is 7.74. The highest BCUT2D eigenvalue weighted by molar-refractivity contribution is 7.90.